The lowest BCUT2D eigenvalue weighted by atomic mass is 10.2. The van der Waals surface area contributed by atoms with E-state index in [0.717, 1.165) is 11.3 Å². The first-order valence-corrected chi connectivity index (χ1v) is 4.58. The minimum atomic E-state index is 1.02. The fraction of sp³-hybridized carbons (Fsp3) is 0. The van der Waals surface area contributed by atoms with Crippen LogP contribution in [0.3, 0.4) is 0 Å². The lowest BCUT2D eigenvalue weighted by Crippen LogP contribution is -1.73. The van der Waals surface area contributed by atoms with Crippen LogP contribution in [0.1, 0.15) is 0 Å². The highest BCUT2D eigenvalue weighted by atomic mass is 127. The van der Waals surface area contributed by atoms with Crippen molar-refractivity contribution in [2.75, 3.05) is 0 Å². The highest BCUT2D eigenvalue weighted by Crippen LogP contribution is 2.16. The van der Waals surface area contributed by atoms with Crippen LogP contribution in [0.15, 0.2) is 42.9 Å². The Morgan fingerprint density at radius 3 is 2.50 bits per heavy atom. The van der Waals surface area contributed by atoms with Crippen LogP contribution in [0, 0.1) is 0 Å². The molecule has 60 valence electrons. The van der Waals surface area contributed by atoms with Gasteiger partial charge in [-0.2, -0.15) is 0 Å². The summed E-state index contributed by atoms with van der Waals surface area (Å²) in [5, 5.41) is 0. The van der Waals surface area contributed by atoms with E-state index in [-0.39, 0.29) is 0 Å². The zero-order valence-corrected chi connectivity index (χ0v) is 8.47. The lowest BCUT2D eigenvalue weighted by Gasteiger charge is -1.92. The van der Waals surface area contributed by atoms with E-state index in [1.165, 1.54) is 0 Å². The second-order valence-electron chi connectivity index (χ2n) is 2.47. The van der Waals surface area contributed by atoms with Crippen LogP contribution in [0.5, 0.6) is 0 Å². The number of hydrogen-bond donors (Lipinski definition) is 0. The van der Waals surface area contributed by atoms with Crippen molar-refractivity contribution in [1.29, 1.82) is 0 Å². The Kier molecular flexibility index (Phi) is 2.12. The fourth-order valence-corrected chi connectivity index (χ4v) is 1.45. The van der Waals surface area contributed by atoms with E-state index in [9.17, 15) is 0 Å². The van der Waals surface area contributed by atoms with E-state index >= 15 is 0 Å². The number of halogens is 1. The number of nitrogens with zero attached hydrogens (tertiary/aromatic N) is 2. The largest absolute Gasteiger partial charge is 0.278 e. The minimum Gasteiger partial charge on any atom is -0.278 e. The van der Waals surface area contributed by atoms with Gasteiger partial charge in [-0.15, -0.1) is 0 Å². The van der Waals surface area contributed by atoms with E-state index < -0.39 is 0 Å². The maximum Gasteiger partial charge on any atom is 0.104 e. The molecule has 0 fully saturated rings. The van der Waals surface area contributed by atoms with Crippen LogP contribution >= 0.6 is 22.9 Å². The van der Waals surface area contributed by atoms with Crippen molar-refractivity contribution in [3.05, 3.63) is 42.9 Å². The van der Waals surface area contributed by atoms with Gasteiger partial charge in [0.05, 0.1) is 28.6 Å². The Morgan fingerprint density at radius 1 is 1.17 bits per heavy atom. The number of imidazole rings is 1. The molecule has 1 heterocycles. The van der Waals surface area contributed by atoms with Crippen molar-refractivity contribution in [2.24, 2.45) is 0 Å². The average Bonchev–Trinajstić information content (AvgIpc) is 2.54. The molecule has 0 spiro atoms. The molecule has 0 amide bonds. The van der Waals surface area contributed by atoms with Crippen LogP contribution in [0.25, 0.3) is 11.3 Å². The maximum atomic E-state index is 4.24. The van der Waals surface area contributed by atoms with E-state index in [1.807, 2.05) is 27.2 Å². The van der Waals surface area contributed by atoms with Gasteiger partial charge in [-0.25, -0.2) is 4.98 Å². The van der Waals surface area contributed by atoms with Gasteiger partial charge < -0.3 is 0 Å². The summed E-state index contributed by atoms with van der Waals surface area (Å²) >= 11 is 2.18. The SMILES string of the molecule is In1cnc(-c2ccccc2)c1. The summed E-state index contributed by atoms with van der Waals surface area (Å²) in [6.07, 6.45) is 3.79. The Labute approximate surface area is 84.7 Å². The fourth-order valence-electron chi connectivity index (χ4n) is 1.06. The molecule has 2 aromatic rings. The summed E-state index contributed by atoms with van der Waals surface area (Å²) < 4.78 is 1.92. The molecule has 0 aliphatic rings. The summed E-state index contributed by atoms with van der Waals surface area (Å²) in [5.74, 6) is 0. The summed E-state index contributed by atoms with van der Waals surface area (Å²) in [6.45, 7) is 0. The topological polar surface area (TPSA) is 17.8 Å². The molecular weight excluding hydrogens is 263 g/mol. The lowest BCUT2D eigenvalue weighted by molar-refractivity contribution is 1.28. The summed E-state index contributed by atoms with van der Waals surface area (Å²) in [6, 6.07) is 10.1. The first-order valence-electron chi connectivity index (χ1n) is 3.62. The number of hydrogen-bond acceptors (Lipinski definition) is 1. The molecule has 0 radical (unpaired) electrons. The molecule has 0 bridgehead atoms. The third-order valence-corrected chi connectivity index (χ3v) is 2.15. The van der Waals surface area contributed by atoms with Gasteiger partial charge in [0.25, 0.3) is 0 Å². The van der Waals surface area contributed by atoms with Crippen LogP contribution in [0.4, 0.5) is 0 Å². The summed E-state index contributed by atoms with van der Waals surface area (Å²) in [4.78, 5) is 4.24. The predicted octanol–water partition coefficient (Wildman–Crippen LogP) is 2.75. The molecule has 1 aromatic heterocycles. The first kappa shape index (κ1) is 7.79. The van der Waals surface area contributed by atoms with E-state index in [2.05, 4.69) is 40.0 Å². The standard InChI is InChI=1S/C9H7IN2/c10-12-6-9(11-7-12)8-4-2-1-3-5-8/h1-7H. The number of rotatable bonds is 1. The molecular formula is C9H7IN2. The molecule has 2 nitrogen and oxygen atoms in total. The zero-order valence-electron chi connectivity index (χ0n) is 6.31. The van der Waals surface area contributed by atoms with Crippen LogP contribution < -0.4 is 0 Å². The molecule has 0 saturated heterocycles. The number of benzene rings is 1. The summed E-state index contributed by atoms with van der Waals surface area (Å²) in [5.41, 5.74) is 2.18. The van der Waals surface area contributed by atoms with Gasteiger partial charge in [0, 0.05) is 11.8 Å². The van der Waals surface area contributed by atoms with Crippen molar-refractivity contribution < 1.29 is 0 Å². The smallest absolute Gasteiger partial charge is 0.104 e. The van der Waals surface area contributed by atoms with Gasteiger partial charge in [-0.1, -0.05) is 30.3 Å². The van der Waals surface area contributed by atoms with Crippen molar-refractivity contribution in [3.63, 3.8) is 0 Å². The van der Waals surface area contributed by atoms with E-state index in [1.54, 1.807) is 6.33 Å². The first-order chi connectivity index (χ1) is 5.86. The molecule has 2 rings (SSSR count). The molecule has 0 aliphatic heterocycles. The third kappa shape index (κ3) is 1.50. The van der Waals surface area contributed by atoms with Crippen molar-refractivity contribution >= 4 is 22.9 Å². The van der Waals surface area contributed by atoms with Gasteiger partial charge >= 0.3 is 0 Å². The monoisotopic (exact) mass is 270 g/mol. The molecule has 0 atom stereocenters. The molecule has 3 heteroatoms. The third-order valence-electron chi connectivity index (χ3n) is 1.62. The molecule has 0 aliphatic carbocycles. The second-order valence-corrected chi connectivity index (χ2v) is 3.58. The van der Waals surface area contributed by atoms with Gasteiger partial charge in [0.2, 0.25) is 0 Å². The predicted molar refractivity (Wildman–Crippen MR) is 57.1 cm³/mol. The van der Waals surface area contributed by atoms with E-state index in [0.29, 0.717) is 0 Å². The highest BCUT2D eigenvalue weighted by Gasteiger charge is 1.98. The van der Waals surface area contributed by atoms with Crippen molar-refractivity contribution in [1.82, 2.24) is 7.76 Å². The highest BCUT2D eigenvalue weighted by molar-refractivity contribution is 14.1. The van der Waals surface area contributed by atoms with Gasteiger partial charge in [0.15, 0.2) is 0 Å². The van der Waals surface area contributed by atoms with Crippen molar-refractivity contribution in [3.8, 4) is 11.3 Å². The molecule has 0 N–H and O–H groups in total. The second kappa shape index (κ2) is 3.26. The minimum absolute atomic E-state index is 1.02. The Balaban J connectivity index is 2.45. The summed E-state index contributed by atoms with van der Waals surface area (Å²) in [7, 11) is 0. The maximum absolute atomic E-state index is 4.24. The molecule has 12 heavy (non-hydrogen) atoms. The van der Waals surface area contributed by atoms with Gasteiger partial charge in [0.1, 0.15) is 6.33 Å². The van der Waals surface area contributed by atoms with Gasteiger partial charge in [-0.3, -0.25) is 2.78 Å². The number of aromatic nitrogens is 2. The zero-order chi connectivity index (χ0) is 8.39. The Bertz CT molecular complexity index is 367. The van der Waals surface area contributed by atoms with Crippen LogP contribution in [-0.4, -0.2) is 7.76 Å². The Hall–Kier alpha value is -0.840. The van der Waals surface area contributed by atoms with E-state index in [4.69, 9.17) is 0 Å². The average molecular weight is 270 g/mol. The molecule has 1 aromatic carbocycles. The van der Waals surface area contributed by atoms with Crippen molar-refractivity contribution in [2.45, 2.75) is 0 Å². The quantitative estimate of drug-likeness (QED) is 0.728. The molecule has 0 saturated carbocycles. The van der Waals surface area contributed by atoms with Crippen LogP contribution in [-0.2, 0) is 0 Å². The molecule has 0 unspecified atom stereocenters. The van der Waals surface area contributed by atoms with Gasteiger partial charge in [-0.05, 0) is 0 Å². The Morgan fingerprint density at radius 2 is 1.92 bits per heavy atom. The van der Waals surface area contributed by atoms with Crippen LogP contribution in [0.2, 0.25) is 0 Å². The normalized spacial score (nSPS) is 10.1.